The largest absolute Gasteiger partial charge is 0.481 e. The fraction of sp³-hybridized carbons (Fsp3) is 0.302. The van der Waals surface area contributed by atoms with Crippen molar-refractivity contribution < 1.29 is 43.3 Å². The standard InChI is InChI=1S/C43H37FN4O9/c1-3-43(55)29-14-34-38-26(17-48(34)40(52)28(29)19-56-41(43)53)37-31(13-12-21-20(2)30(44)15-32(45-38)36(21)37)46-39(51)33(16-35(49)50)47-42(54)57-18-27-24-10-6-4-8-22(24)23-9-5-7-11-25(23)27/h4-11,14-15,27,31,33,55H,3,12-13,16-19H2,1-2H3,(H,46,51)(H,47,54)(H,49,50)/t31-,33-,43-/m0/s1. The number of carboxylic acid groups (broad SMARTS) is 1. The number of amides is 2. The number of pyridine rings is 2. The van der Waals surface area contributed by atoms with Gasteiger partial charge in [-0.1, -0.05) is 55.5 Å². The van der Waals surface area contributed by atoms with Gasteiger partial charge in [0.2, 0.25) is 5.91 Å². The number of rotatable bonds is 8. The molecule has 0 saturated carbocycles. The van der Waals surface area contributed by atoms with Crippen molar-refractivity contribution in [3.05, 3.63) is 121 Å². The number of fused-ring (bicyclic) bond motifs is 8. The van der Waals surface area contributed by atoms with Gasteiger partial charge in [0.25, 0.3) is 5.56 Å². The van der Waals surface area contributed by atoms with Crippen molar-refractivity contribution in [1.29, 1.82) is 0 Å². The molecular weight excluding hydrogens is 735 g/mol. The molecule has 0 radical (unpaired) electrons. The lowest BCUT2D eigenvalue weighted by Gasteiger charge is -2.31. The minimum atomic E-state index is -2.05. The highest BCUT2D eigenvalue weighted by Crippen LogP contribution is 2.47. The Kier molecular flexibility index (Phi) is 8.50. The third-order valence-electron chi connectivity index (χ3n) is 12.0. The smallest absolute Gasteiger partial charge is 0.407 e. The zero-order valence-corrected chi connectivity index (χ0v) is 31.0. The number of nitrogens with zero attached hydrogens (tertiary/aromatic N) is 2. The summed E-state index contributed by atoms with van der Waals surface area (Å²) >= 11 is 0. The number of cyclic esters (lactones) is 1. The van der Waals surface area contributed by atoms with Crippen LogP contribution in [0.25, 0.3) is 33.4 Å². The van der Waals surface area contributed by atoms with Crippen molar-refractivity contribution in [2.45, 2.75) is 76.3 Å². The number of carbonyl (C=O) groups excluding carboxylic acids is 3. The molecule has 290 valence electrons. The molecule has 0 spiro atoms. The van der Waals surface area contributed by atoms with Gasteiger partial charge in [-0.2, -0.15) is 0 Å². The molecule has 2 amide bonds. The minimum absolute atomic E-state index is 0.0202. The van der Waals surface area contributed by atoms with Crippen LogP contribution in [-0.2, 0) is 49.0 Å². The SMILES string of the molecule is CC[C@@]1(O)C(=O)OCc2c1cc1n(c2=O)Cc2c-1nc1cc(F)c(C)c3c1c2[C@@H](NC(=O)[C@H](CC(=O)O)NC(=O)OCC1c2ccccc2-c2ccccc21)CC3. The Balaban J connectivity index is 1.04. The molecule has 0 fully saturated rings. The van der Waals surface area contributed by atoms with E-state index in [1.165, 1.54) is 10.6 Å². The third kappa shape index (κ3) is 5.60. The van der Waals surface area contributed by atoms with Crippen LogP contribution >= 0.6 is 0 Å². The highest BCUT2D eigenvalue weighted by molar-refractivity contribution is 5.95. The summed E-state index contributed by atoms with van der Waals surface area (Å²) in [4.78, 5) is 70.9. The zero-order chi connectivity index (χ0) is 39.9. The predicted octanol–water partition coefficient (Wildman–Crippen LogP) is 5.01. The average Bonchev–Trinajstić information content (AvgIpc) is 3.73. The molecule has 14 heteroatoms. The van der Waals surface area contributed by atoms with Gasteiger partial charge in [0.1, 0.15) is 25.1 Å². The average molecular weight is 773 g/mol. The molecule has 9 rings (SSSR count). The number of carboxylic acids is 1. The van der Waals surface area contributed by atoms with Crippen LogP contribution < -0.4 is 16.2 Å². The topological polar surface area (TPSA) is 186 Å². The van der Waals surface area contributed by atoms with E-state index in [4.69, 9.17) is 14.5 Å². The summed E-state index contributed by atoms with van der Waals surface area (Å²) in [7, 11) is 0. The monoisotopic (exact) mass is 772 g/mol. The molecule has 4 N–H and O–H groups in total. The van der Waals surface area contributed by atoms with Crippen molar-refractivity contribution in [2.75, 3.05) is 6.61 Å². The summed E-state index contributed by atoms with van der Waals surface area (Å²) in [5.41, 5.74) is 4.96. The fourth-order valence-electron chi connectivity index (χ4n) is 9.14. The summed E-state index contributed by atoms with van der Waals surface area (Å²) in [6.45, 7) is 2.93. The second-order valence-corrected chi connectivity index (χ2v) is 15.0. The molecule has 2 aliphatic heterocycles. The number of carbonyl (C=O) groups is 4. The summed E-state index contributed by atoms with van der Waals surface area (Å²) in [5.74, 6) is -3.70. The van der Waals surface area contributed by atoms with Crippen LogP contribution in [-0.4, -0.2) is 56.4 Å². The Morgan fingerprint density at radius 3 is 2.44 bits per heavy atom. The summed E-state index contributed by atoms with van der Waals surface area (Å²) in [6, 6.07) is 16.2. The maximum absolute atomic E-state index is 15.4. The lowest BCUT2D eigenvalue weighted by atomic mass is 9.81. The van der Waals surface area contributed by atoms with E-state index in [2.05, 4.69) is 10.6 Å². The second-order valence-electron chi connectivity index (χ2n) is 15.0. The highest BCUT2D eigenvalue weighted by Gasteiger charge is 2.46. The Morgan fingerprint density at radius 1 is 1.05 bits per heavy atom. The van der Waals surface area contributed by atoms with Crippen LogP contribution in [0.15, 0.2) is 65.5 Å². The quantitative estimate of drug-likeness (QED) is 0.153. The normalized spacial score (nSPS) is 19.1. The van der Waals surface area contributed by atoms with E-state index in [1.807, 2.05) is 48.5 Å². The van der Waals surface area contributed by atoms with E-state index in [9.17, 15) is 34.2 Å². The van der Waals surface area contributed by atoms with Crippen molar-refractivity contribution in [3.8, 4) is 22.5 Å². The Hall–Kier alpha value is -6.41. The van der Waals surface area contributed by atoms with Crippen LogP contribution in [0.5, 0.6) is 0 Å². The van der Waals surface area contributed by atoms with Gasteiger partial charge in [-0.05, 0) is 71.2 Å². The van der Waals surface area contributed by atoms with Crippen molar-refractivity contribution in [3.63, 3.8) is 0 Å². The number of aliphatic hydroxyl groups is 1. The van der Waals surface area contributed by atoms with Gasteiger partial charge >= 0.3 is 18.0 Å². The maximum atomic E-state index is 15.4. The molecule has 2 aromatic heterocycles. The molecule has 2 aliphatic carbocycles. The number of esters is 1. The number of hydrogen-bond donors (Lipinski definition) is 4. The number of benzene rings is 3. The number of halogens is 1. The Bertz CT molecular complexity index is 2630. The van der Waals surface area contributed by atoms with Gasteiger partial charge in [0.05, 0.1) is 41.5 Å². The molecular formula is C43H37FN4O9. The van der Waals surface area contributed by atoms with Crippen LogP contribution in [0, 0.1) is 12.7 Å². The van der Waals surface area contributed by atoms with Gasteiger partial charge in [-0.3, -0.25) is 14.4 Å². The van der Waals surface area contributed by atoms with Crippen LogP contribution in [0.1, 0.15) is 82.7 Å². The molecule has 5 aromatic rings. The first-order valence-electron chi connectivity index (χ1n) is 18.8. The minimum Gasteiger partial charge on any atom is -0.481 e. The van der Waals surface area contributed by atoms with E-state index in [1.54, 1.807) is 19.9 Å². The number of aryl methyl sites for hydroxylation is 1. The van der Waals surface area contributed by atoms with Crippen molar-refractivity contribution >= 4 is 34.8 Å². The zero-order valence-electron chi connectivity index (χ0n) is 31.0. The lowest BCUT2D eigenvalue weighted by molar-refractivity contribution is -0.172. The first-order chi connectivity index (χ1) is 27.4. The molecule has 13 nitrogen and oxygen atoms in total. The molecule has 0 bridgehead atoms. The van der Waals surface area contributed by atoms with Gasteiger partial charge in [-0.15, -0.1) is 0 Å². The van der Waals surface area contributed by atoms with E-state index in [0.717, 1.165) is 22.3 Å². The number of aromatic nitrogens is 2. The molecule has 3 atom stereocenters. The summed E-state index contributed by atoms with van der Waals surface area (Å²) in [5, 5.41) is 27.2. The molecule has 4 heterocycles. The van der Waals surface area contributed by atoms with Gasteiger partial charge in [-0.25, -0.2) is 19.0 Å². The maximum Gasteiger partial charge on any atom is 0.407 e. The van der Waals surface area contributed by atoms with Gasteiger partial charge in [0.15, 0.2) is 5.60 Å². The van der Waals surface area contributed by atoms with E-state index in [0.29, 0.717) is 51.9 Å². The second kappa shape index (κ2) is 13.4. The lowest BCUT2D eigenvalue weighted by Crippen LogP contribution is -2.49. The molecule has 0 saturated heterocycles. The van der Waals surface area contributed by atoms with Gasteiger partial charge in [0, 0.05) is 28.5 Å². The number of nitrogens with one attached hydrogen (secondary N) is 2. The highest BCUT2D eigenvalue weighted by atomic mass is 19.1. The van der Waals surface area contributed by atoms with Gasteiger partial charge < -0.3 is 34.9 Å². The van der Waals surface area contributed by atoms with Crippen molar-refractivity contribution in [2.24, 2.45) is 0 Å². The van der Waals surface area contributed by atoms with Crippen molar-refractivity contribution in [1.82, 2.24) is 20.2 Å². The number of alkyl carbamates (subject to hydrolysis) is 1. The number of aliphatic carboxylic acids is 1. The Labute approximate surface area is 324 Å². The molecule has 3 aromatic carbocycles. The van der Waals surface area contributed by atoms with E-state index in [-0.39, 0.29) is 48.7 Å². The molecule has 4 aliphatic rings. The fourth-order valence-corrected chi connectivity index (χ4v) is 9.14. The predicted molar refractivity (Wildman–Crippen MR) is 203 cm³/mol. The van der Waals surface area contributed by atoms with Crippen LogP contribution in [0.2, 0.25) is 0 Å². The molecule has 0 unspecified atom stereocenters. The van der Waals surface area contributed by atoms with E-state index < -0.39 is 59.4 Å². The third-order valence-corrected chi connectivity index (χ3v) is 12.0. The summed E-state index contributed by atoms with van der Waals surface area (Å²) < 4.78 is 27.7. The van der Waals surface area contributed by atoms with Crippen LogP contribution in [0.3, 0.4) is 0 Å². The first kappa shape index (κ1) is 36.2. The number of ether oxygens (including phenoxy) is 2. The first-order valence-corrected chi connectivity index (χ1v) is 18.8. The summed E-state index contributed by atoms with van der Waals surface area (Å²) in [6.07, 6.45) is -1.10. The Morgan fingerprint density at radius 2 is 1.75 bits per heavy atom. The number of hydrogen-bond acceptors (Lipinski definition) is 9. The van der Waals surface area contributed by atoms with E-state index >= 15 is 4.39 Å². The molecule has 57 heavy (non-hydrogen) atoms. The van der Waals surface area contributed by atoms with Crippen LogP contribution in [0.4, 0.5) is 9.18 Å².